The van der Waals surface area contributed by atoms with Crippen LogP contribution in [0.3, 0.4) is 0 Å². The first-order valence-corrected chi connectivity index (χ1v) is 16.9. The van der Waals surface area contributed by atoms with Crippen LogP contribution in [0.1, 0.15) is 81.0 Å². The Morgan fingerprint density at radius 3 is 1.84 bits per heavy atom. The normalized spacial score (nSPS) is 14.3. The zero-order chi connectivity index (χ0) is 35.1. The number of nitrogens with zero attached hydrogens (tertiary/aromatic N) is 4. The van der Waals surface area contributed by atoms with Crippen LogP contribution in [0.25, 0.3) is 0 Å². The maximum atomic E-state index is 13.9. The quantitative estimate of drug-likeness (QED) is 0.128. The lowest BCUT2D eigenvalue weighted by Gasteiger charge is -2.27. The van der Waals surface area contributed by atoms with Crippen LogP contribution in [0.15, 0.2) is 66.9 Å². The summed E-state index contributed by atoms with van der Waals surface area (Å²) in [6.45, 7) is 3.65. The van der Waals surface area contributed by atoms with Gasteiger partial charge in [0.1, 0.15) is 16.8 Å². The fourth-order valence-electron chi connectivity index (χ4n) is 6.44. The Kier molecular flexibility index (Phi) is 12.1. The summed E-state index contributed by atoms with van der Waals surface area (Å²) in [6, 6.07) is 16.1. The van der Waals surface area contributed by atoms with Crippen molar-refractivity contribution >= 4 is 23.4 Å². The van der Waals surface area contributed by atoms with Gasteiger partial charge in [-0.15, -0.1) is 0 Å². The monoisotopic (exact) mass is 690 g/mol. The van der Waals surface area contributed by atoms with Crippen molar-refractivity contribution in [3.05, 3.63) is 128 Å². The van der Waals surface area contributed by atoms with Crippen LogP contribution < -0.4 is 0 Å². The molecule has 0 N–H and O–H groups in total. The molecular weight excluding hydrogens is 650 g/mol. The third-order valence-corrected chi connectivity index (χ3v) is 9.23. The third kappa shape index (κ3) is 8.49. The van der Waals surface area contributed by atoms with Gasteiger partial charge in [-0.1, -0.05) is 48.0 Å². The lowest BCUT2D eigenvalue weighted by molar-refractivity contribution is -0.119. The van der Waals surface area contributed by atoms with E-state index >= 15 is 0 Å². The van der Waals surface area contributed by atoms with Gasteiger partial charge in [-0.2, -0.15) is 0 Å². The first-order valence-electron chi connectivity index (χ1n) is 16.5. The molecule has 0 saturated carbocycles. The number of carbonyl (C=O) groups is 2. The number of amides is 2. The fraction of sp³-hybridized carbons (Fsp3) is 0.368. The average Bonchev–Trinajstić information content (AvgIpc) is 3.76. The summed E-state index contributed by atoms with van der Waals surface area (Å²) >= 11 is 6.22. The molecule has 0 radical (unpaired) electrons. The van der Waals surface area contributed by atoms with Gasteiger partial charge in [-0.3, -0.25) is 24.2 Å². The van der Waals surface area contributed by atoms with Crippen LogP contribution in [0.5, 0.6) is 0 Å². The van der Waals surface area contributed by atoms with Crippen molar-refractivity contribution in [2.45, 2.75) is 77.3 Å². The van der Waals surface area contributed by atoms with E-state index in [1.54, 1.807) is 42.6 Å². The van der Waals surface area contributed by atoms with Gasteiger partial charge >= 0.3 is 0 Å². The van der Waals surface area contributed by atoms with Gasteiger partial charge in [-0.05, 0) is 112 Å². The van der Waals surface area contributed by atoms with E-state index in [-0.39, 0.29) is 40.7 Å². The molecule has 2 aliphatic carbocycles. The minimum absolute atomic E-state index is 0.186. The second-order valence-corrected chi connectivity index (χ2v) is 12.7. The number of aryl methyl sites for hydroxylation is 4. The van der Waals surface area contributed by atoms with E-state index in [1.165, 1.54) is 36.5 Å². The molecule has 11 heteroatoms. The van der Waals surface area contributed by atoms with Crippen molar-refractivity contribution in [1.82, 2.24) is 20.1 Å². The molecule has 258 valence electrons. The number of hydroxylamine groups is 4. The Morgan fingerprint density at radius 1 is 0.776 bits per heavy atom. The van der Waals surface area contributed by atoms with Crippen LogP contribution in [-0.2, 0) is 48.2 Å². The summed E-state index contributed by atoms with van der Waals surface area (Å²) in [4.78, 5) is 45.0. The molecule has 2 amide bonds. The largest absolute Gasteiger partial charge is 0.280 e. The van der Waals surface area contributed by atoms with Crippen LogP contribution in [0, 0.1) is 11.6 Å². The Hall–Kier alpha value is -4.25. The summed E-state index contributed by atoms with van der Waals surface area (Å²) in [5, 5.41) is 2.72. The second-order valence-electron chi connectivity index (χ2n) is 12.4. The van der Waals surface area contributed by atoms with Crippen molar-refractivity contribution in [3.8, 4) is 0 Å². The molecule has 6 rings (SSSR count). The van der Waals surface area contributed by atoms with Crippen molar-refractivity contribution in [3.63, 3.8) is 0 Å². The minimum atomic E-state index is -0.362. The smallest absolute Gasteiger partial charge is 0.274 e. The van der Waals surface area contributed by atoms with E-state index in [4.69, 9.17) is 21.3 Å². The molecule has 2 heterocycles. The highest BCUT2D eigenvalue weighted by Crippen LogP contribution is 2.27. The maximum Gasteiger partial charge on any atom is 0.280 e. The highest BCUT2D eigenvalue weighted by atomic mass is 35.5. The summed E-state index contributed by atoms with van der Waals surface area (Å²) < 4.78 is 27.7. The van der Waals surface area contributed by atoms with Crippen LogP contribution in [0.4, 0.5) is 8.78 Å². The van der Waals surface area contributed by atoms with E-state index in [9.17, 15) is 18.4 Å². The number of rotatable bonds is 10. The number of benzene rings is 2. The molecule has 2 aliphatic rings. The van der Waals surface area contributed by atoms with Crippen molar-refractivity contribution in [1.29, 1.82) is 0 Å². The molecule has 0 spiro atoms. The van der Waals surface area contributed by atoms with Gasteiger partial charge in [0, 0.05) is 17.6 Å². The zero-order valence-electron chi connectivity index (χ0n) is 28.2. The van der Waals surface area contributed by atoms with Crippen molar-refractivity contribution in [2.75, 3.05) is 14.2 Å². The first-order chi connectivity index (χ1) is 23.6. The van der Waals surface area contributed by atoms with Crippen LogP contribution >= 0.6 is 11.6 Å². The lowest BCUT2D eigenvalue weighted by atomic mass is 10.1. The highest BCUT2D eigenvalue weighted by Gasteiger charge is 2.28. The molecular formula is C38H41ClF2N4O4. The van der Waals surface area contributed by atoms with Gasteiger partial charge in [-0.25, -0.2) is 23.9 Å². The number of pyridine rings is 2. The minimum Gasteiger partial charge on any atom is -0.274 e. The molecule has 0 saturated heterocycles. The summed E-state index contributed by atoms with van der Waals surface area (Å²) in [7, 11) is 2.88. The van der Waals surface area contributed by atoms with Gasteiger partial charge in [0.25, 0.3) is 11.8 Å². The maximum absolute atomic E-state index is 13.9. The topological polar surface area (TPSA) is 84.9 Å². The van der Waals surface area contributed by atoms with E-state index in [0.29, 0.717) is 35.1 Å². The molecule has 2 aromatic heterocycles. The predicted octanol–water partition coefficient (Wildman–Crippen LogP) is 7.34. The molecule has 8 nitrogen and oxygen atoms in total. The second kappa shape index (κ2) is 16.4. The van der Waals surface area contributed by atoms with E-state index in [2.05, 4.69) is 9.97 Å². The molecule has 4 aromatic rings. The number of halogens is 3. The molecule has 2 unspecified atom stereocenters. The summed E-state index contributed by atoms with van der Waals surface area (Å²) in [5.41, 5.74) is 6.17. The number of hydrogen-bond acceptors (Lipinski definition) is 6. The Balaban J connectivity index is 0.000000191. The molecule has 0 aliphatic heterocycles. The van der Waals surface area contributed by atoms with Crippen molar-refractivity contribution in [2.24, 2.45) is 0 Å². The van der Waals surface area contributed by atoms with Gasteiger partial charge < -0.3 is 0 Å². The fourth-order valence-corrected chi connectivity index (χ4v) is 6.68. The van der Waals surface area contributed by atoms with Crippen LogP contribution in [-0.4, -0.2) is 58.2 Å². The Bertz CT molecular complexity index is 1810. The number of aromatic nitrogens is 2. The van der Waals surface area contributed by atoms with E-state index < -0.39 is 0 Å². The molecule has 2 aromatic carbocycles. The van der Waals surface area contributed by atoms with E-state index in [1.807, 2.05) is 26.0 Å². The third-order valence-electron chi connectivity index (χ3n) is 8.94. The highest BCUT2D eigenvalue weighted by molar-refractivity contribution is 6.32. The predicted molar refractivity (Wildman–Crippen MR) is 183 cm³/mol. The van der Waals surface area contributed by atoms with Crippen LogP contribution in [0.2, 0.25) is 5.15 Å². The first kappa shape index (κ1) is 36.0. The molecule has 0 fully saturated rings. The molecule has 2 atom stereocenters. The molecule has 49 heavy (non-hydrogen) atoms. The number of fused-ring (bicyclic) bond motifs is 2. The Labute approximate surface area is 290 Å². The summed E-state index contributed by atoms with van der Waals surface area (Å²) in [5.74, 6) is -1.18. The van der Waals surface area contributed by atoms with Gasteiger partial charge in [0.15, 0.2) is 0 Å². The summed E-state index contributed by atoms with van der Waals surface area (Å²) in [6.07, 6.45) is 8.15. The molecule has 0 bridgehead atoms. The number of hydrogen-bond donors (Lipinski definition) is 0. The SMILES string of the molecule is CON(C(=O)c1cc2c(nc1Cl)CCC2)C(C)Cc1ccccc1F.CON(C(=O)c1cnc2c(c1)CCC2)C(C)Cc1ccccc1F. The Morgan fingerprint density at radius 2 is 1.29 bits per heavy atom. The number of carbonyl (C=O) groups excluding carboxylic acids is 2. The van der Waals surface area contributed by atoms with Gasteiger partial charge in [0.05, 0.1) is 37.4 Å². The standard InChI is InChI=1S/C19H20ClFN2O2.C19H21FN2O2/c1-12(10-13-6-3-4-8-16(13)21)23(25-2)19(24)15-11-14-7-5-9-17(14)22-18(15)20;1-13(10-14-6-3-4-8-17(14)20)22(24-2)19(23)16-11-15-7-5-9-18(15)21-12-16/h3-4,6,8,11-12H,5,7,9-10H2,1-2H3;3-4,6,8,11-13H,5,7,9-10H2,1-2H3. The van der Waals surface area contributed by atoms with E-state index in [0.717, 1.165) is 61.0 Å². The van der Waals surface area contributed by atoms with Gasteiger partial charge in [0.2, 0.25) is 0 Å². The average molecular weight is 691 g/mol. The zero-order valence-corrected chi connectivity index (χ0v) is 29.0. The lowest BCUT2D eigenvalue weighted by Crippen LogP contribution is -2.39. The van der Waals surface area contributed by atoms with Crippen molar-refractivity contribution < 1.29 is 28.0 Å².